The molecule has 0 saturated heterocycles. The van der Waals surface area contributed by atoms with Gasteiger partial charge in [0.2, 0.25) is 5.89 Å². The van der Waals surface area contributed by atoms with Crippen LogP contribution in [0, 0.1) is 0 Å². The smallest absolute Gasteiger partial charge is 0.227 e. The average Bonchev–Trinajstić information content (AvgIpc) is 4.07. The number of hydrogen-bond donors (Lipinski definition) is 1. The predicted molar refractivity (Wildman–Crippen MR) is 293 cm³/mol. The van der Waals surface area contributed by atoms with Gasteiger partial charge in [-0.15, -0.1) is 0 Å². The Bertz CT molecular complexity index is 4060. The molecular weight excluding hydrogens is 854 g/mol. The van der Waals surface area contributed by atoms with Gasteiger partial charge < -0.3 is 18.7 Å². The molecule has 0 saturated carbocycles. The Morgan fingerprint density at radius 3 is 2.04 bits per heavy atom. The van der Waals surface area contributed by atoms with Gasteiger partial charge >= 0.3 is 0 Å². The summed E-state index contributed by atoms with van der Waals surface area (Å²) in [6.45, 7) is 21.1. The fourth-order valence-electron chi connectivity index (χ4n) is 12.5. The monoisotopic (exact) mass is 908 g/mol. The van der Waals surface area contributed by atoms with E-state index in [0.717, 1.165) is 85.2 Å². The van der Waals surface area contributed by atoms with Crippen molar-refractivity contribution in [1.29, 1.82) is 0 Å². The first-order chi connectivity index (χ1) is 33.5. The number of oxazole rings is 1. The van der Waals surface area contributed by atoms with Crippen molar-refractivity contribution in [2.75, 3.05) is 5.32 Å². The molecule has 1 N–H and O–H groups in total. The molecule has 0 bridgehead atoms. The second-order valence-corrected chi connectivity index (χ2v) is 23.4. The number of fused-ring (bicyclic) bond motifs is 13. The summed E-state index contributed by atoms with van der Waals surface area (Å²) in [6, 6.07) is 51.6. The van der Waals surface area contributed by atoms with E-state index < -0.39 is 0 Å². The van der Waals surface area contributed by atoms with Crippen LogP contribution in [-0.4, -0.2) is 16.8 Å². The Morgan fingerprint density at radius 2 is 1.27 bits per heavy atom. The molecule has 14 rings (SSSR count). The van der Waals surface area contributed by atoms with Crippen molar-refractivity contribution in [3.05, 3.63) is 167 Å². The van der Waals surface area contributed by atoms with Gasteiger partial charge in [-0.25, -0.2) is 4.98 Å². The number of anilines is 2. The van der Waals surface area contributed by atoms with Gasteiger partial charge in [0.05, 0.1) is 5.52 Å². The van der Waals surface area contributed by atoms with Gasteiger partial charge in [0.1, 0.15) is 16.7 Å². The Labute approximate surface area is 409 Å². The van der Waals surface area contributed by atoms with Crippen LogP contribution in [-0.2, 0) is 21.7 Å². The second-order valence-electron chi connectivity index (χ2n) is 23.4. The maximum Gasteiger partial charge on any atom is 0.227 e. The van der Waals surface area contributed by atoms with Gasteiger partial charge in [0.15, 0.2) is 12.9 Å². The number of nitrogens with one attached hydrogen (secondary N) is 1. The van der Waals surface area contributed by atoms with E-state index in [-0.39, 0.29) is 21.7 Å². The van der Waals surface area contributed by atoms with Gasteiger partial charge in [0.25, 0.3) is 0 Å². The molecule has 1 aliphatic heterocycles. The Balaban J connectivity index is 1.04. The van der Waals surface area contributed by atoms with Crippen LogP contribution in [0.25, 0.3) is 94.2 Å². The van der Waals surface area contributed by atoms with Crippen LogP contribution in [0.1, 0.15) is 103 Å². The fourth-order valence-corrected chi connectivity index (χ4v) is 12.5. The maximum atomic E-state index is 7.02. The second kappa shape index (κ2) is 13.9. The van der Waals surface area contributed by atoms with E-state index in [1.54, 1.807) is 0 Å². The highest BCUT2D eigenvalue weighted by Gasteiger charge is 2.39. The summed E-state index contributed by atoms with van der Waals surface area (Å²) in [7, 11) is 2.39. The number of nitrogens with zero attached hydrogens (tertiary/aromatic N) is 2. The van der Waals surface area contributed by atoms with Crippen molar-refractivity contribution in [3.8, 4) is 39.4 Å². The lowest BCUT2D eigenvalue weighted by Gasteiger charge is -2.41. The molecule has 11 aromatic rings. The molecule has 1 radical (unpaired) electrons. The normalized spacial score (nSPS) is 16.1. The molecule has 341 valence electrons. The summed E-state index contributed by atoms with van der Waals surface area (Å²) in [5.74, 6) is 0.619. The Kier molecular flexibility index (Phi) is 8.29. The zero-order valence-corrected chi connectivity index (χ0v) is 41.5. The predicted octanol–water partition coefficient (Wildman–Crippen LogP) is 15.8. The maximum absolute atomic E-state index is 7.02. The van der Waals surface area contributed by atoms with Crippen molar-refractivity contribution in [3.63, 3.8) is 0 Å². The zero-order valence-electron chi connectivity index (χ0n) is 41.5. The highest BCUT2D eigenvalue weighted by molar-refractivity contribution is 6.73. The van der Waals surface area contributed by atoms with Crippen molar-refractivity contribution in [2.45, 2.75) is 96.8 Å². The molecule has 2 aliphatic carbocycles. The molecular formula is C64H55BN3O2. The minimum absolute atomic E-state index is 0.0440. The minimum atomic E-state index is -0.139. The third-order valence-electron chi connectivity index (χ3n) is 16.7. The minimum Gasteiger partial charge on any atom is -0.456 e. The summed E-state index contributed by atoms with van der Waals surface area (Å²) >= 11 is 0. The lowest BCUT2D eigenvalue weighted by Crippen LogP contribution is -2.37. The summed E-state index contributed by atoms with van der Waals surface area (Å²) in [4.78, 5) is 5.08. The van der Waals surface area contributed by atoms with Gasteiger partial charge in [0, 0.05) is 66.7 Å². The third-order valence-corrected chi connectivity index (χ3v) is 16.7. The lowest BCUT2D eigenvalue weighted by molar-refractivity contribution is 0.332. The van der Waals surface area contributed by atoms with Crippen molar-refractivity contribution < 1.29 is 8.83 Å². The first-order valence-electron chi connectivity index (χ1n) is 25.1. The van der Waals surface area contributed by atoms with Gasteiger partial charge in [-0.2, -0.15) is 0 Å². The first-order valence-corrected chi connectivity index (χ1v) is 25.1. The summed E-state index contributed by atoms with van der Waals surface area (Å²) in [5, 5.41) is 8.72. The molecule has 5 nitrogen and oxygen atoms in total. The largest absolute Gasteiger partial charge is 0.456 e. The standard InChI is InChI=1S/C64H55BN3O2/c1-61(2,3)36-19-21-37(22-20-36)66-51-29-45-44-28-48-49(63(6,7)26-25-62(48,4)5)32-56(44)69-55(45)31-42(51)39-23-24-40-43-27-47-41(38-17-13-14-18-46(38)64(47,8)9)30-53(43)68-54-34-57-52(33-50(54)65-58(39)59(40)68)67-60(70-57)35-15-11-10-12-16-35/h10-24,27-34,66H,25-26H2,1-9H3. The number of aromatic nitrogens is 2. The zero-order chi connectivity index (χ0) is 47.8. The molecule has 3 aliphatic rings. The molecule has 6 heteroatoms. The number of rotatable bonds is 4. The van der Waals surface area contributed by atoms with Crippen molar-refractivity contribution in [2.24, 2.45) is 0 Å². The van der Waals surface area contributed by atoms with Crippen LogP contribution in [0.2, 0.25) is 0 Å². The first kappa shape index (κ1) is 41.6. The molecule has 3 aromatic heterocycles. The molecule has 0 unspecified atom stereocenters. The van der Waals surface area contributed by atoms with Crippen molar-refractivity contribution in [1.82, 2.24) is 9.55 Å². The van der Waals surface area contributed by atoms with E-state index in [1.165, 1.54) is 66.1 Å². The van der Waals surface area contributed by atoms with E-state index in [4.69, 9.17) is 13.8 Å². The van der Waals surface area contributed by atoms with Crippen LogP contribution >= 0.6 is 0 Å². The van der Waals surface area contributed by atoms with E-state index in [9.17, 15) is 0 Å². The van der Waals surface area contributed by atoms with E-state index in [2.05, 4.69) is 201 Å². The highest BCUT2D eigenvalue weighted by atomic mass is 16.3. The topological polar surface area (TPSA) is 56.1 Å². The number of furan rings is 1. The van der Waals surface area contributed by atoms with Crippen LogP contribution in [0.4, 0.5) is 11.4 Å². The van der Waals surface area contributed by atoms with Gasteiger partial charge in [-0.1, -0.05) is 135 Å². The number of benzene rings is 8. The van der Waals surface area contributed by atoms with Crippen LogP contribution in [0.15, 0.2) is 148 Å². The molecule has 70 heavy (non-hydrogen) atoms. The fraction of sp³-hybridized carbons (Fsp3) is 0.234. The summed E-state index contributed by atoms with van der Waals surface area (Å²) in [6.07, 6.45) is 2.30. The Morgan fingerprint density at radius 1 is 0.571 bits per heavy atom. The molecule has 4 heterocycles. The quantitative estimate of drug-likeness (QED) is 0.179. The SMILES string of the molecule is CC(C)(C)c1ccc(Nc2cc3c(cc2-c2ccc4c5cc6c(cc5n5c4c2[B]c2cc4nc(-c7ccccc7)oc4cc2-5)-c2ccccc2C6(C)C)oc2cc4c(cc23)C(C)(C)CCC4(C)C)cc1. The number of hydrogen-bond acceptors (Lipinski definition) is 4. The van der Waals surface area contributed by atoms with Crippen LogP contribution in [0.3, 0.4) is 0 Å². The summed E-state index contributed by atoms with van der Waals surface area (Å²) < 4.78 is 16.1. The molecule has 0 amide bonds. The van der Waals surface area contributed by atoms with E-state index >= 15 is 0 Å². The molecule has 8 aromatic carbocycles. The Hall–Kier alpha value is -7.31. The van der Waals surface area contributed by atoms with Crippen molar-refractivity contribution >= 4 is 84.4 Å². The molecule has 0 fully saturated rings. The summed E-state index contributed by atoms with van der Waals surface area (Å²) in [5.41, 5.74) is 23.9. The van der Waals surface area contributed by atoms with Gasteiger partial charge in [-0.05, 0) is 146 Å². The lowest BCUT2D eigenvalue weighted by atomic mass is 9.59. The van der Waals surface area contributed by atoms with Crippen LogP contribution < -0.4 is 16.2 Å². The molecule has 0 spiro atoms. The highest BCUT2D eigenvalue weighted by Crippen LogP contribution is 2.52. The van der Waals surface area contributed by atoms with Gasteiger partial charge in [-0.3, -0.25) is 0 Å². The van der Waals surface area contributed by atoms with E-state index in [1.807, 2.05) is 18.2 Å². The third kappa shape index (κ3) is 5.89. The molecule has 0 atom stereocenters. The average molecular weight is 909 g/mol. The van der Waals surface area contributed by atoms with E-state index in [0.29, 0.717) is 5.89 Å². The van der Waals surface area contributed by atoms with Crippen LogP contribution in [0.5, 0.6) is 0 Å².